The number of carbonyl (C=O) groups is 4. The summed E-state index contributed by atoms with van der Waals surface area (Å²) in [6.45, 7) is 11.4. The molecule has 0 rings (SSSR count). The van der Waals surface area contributed by atoms with Crippen LogP contribution in [-0.2, 0) is 42.9 Å². The van der Waals surface area contributed by atoms with E-state index in [1.807, 2.05) is 0 Å². The standard InChI is InChI=1S/C21H28O10/c1-5-17(23)28-10-16(11-29-18(24)6-2)9-27-13-21(12-22,14-30-19(25)7-3)15-31-20(26)8-4/h5-8,16,22H,1-4,9-15H2. The van der Waals surface area contributed by atoms with Crippen LogP contribution < -0.4 is 0 Å². The Bertz CT molecular complexity index is 619. The lowest BCUT2D eigenvalue weighted by molar-refractivity contribution is -0.155. The molecule has 0 aromatic heterocycles. The van der Waals surface area contributed by atoms with Crippen molar-refractivity contribution >= 4 is 23.9 Å². The molecule has 172 valence electrons. The molecule has 0 aliphatic rings. The minimum Gasteiger partial charge on any atom is -0.462 e. The second-order valence-corrected chi connectivity index (χ2v) is 6.33. The van der Waals surface area contributed by atoms with Crippen molar-refractivity contribution in [3.05, 3.63) is 50.6 Å². The third-order valence-corrected chi connectivity index (χ3v) is 3.73. The van der Waals surface area contributed by atoms with E-state index in [1.165, 1.54) is 0 Å². The van der Waals surface area contributed by atoms with Crippen molar-refractivity contribution < 1.29 is 48.0 Å². The maximum absolute atomic E-state index is 11.4. The molecule has 10 heteroatoms. The molecule has 0 bridgehead atoms. The number of carbonyl (C=O) groups excluding carboxylic acids is 4. The van der Waals surface area contributed by atoms with Crippen LogP contribution in [0.5, 0.6) is 0 Å². The van der Waals surface area contributed by atoms with Crippen molar-refractivity contribution in [1.82, 2.24) is 0 Å². The van der Waals surface area contributed by atoms with Gasteiger partial charge >= 0.3 is 23.9 Å². The Balaban J connectivity index is 5.11. The van der Waals surface area contributed by atoms with Gasteiger partial charge in [-0.3, -0.25) is 0 Å². The van der Waals surface area contributed by atoms with Gasteiger partial charge in [0.25, 0.3) is 0 Å². The molecule has 0 spiro atoms. The number of ether oxygens (including phenoxy) is 5. The second-order valence-electron chi connectivity index (χ2n) is 6.33. The topological polar surface area (TPSA) is 135 Å². The van der Waals surface area contributed by atoms with Crippen molar-refractivity contribution in [3.63, 3.8) is 0 Å². The van der Waals surface area contributed by atoms with Gasteiger partial charge in [-0.25, -0.2) is 19.2 Å². The van der Waals surface area contributed by atoms with Crippen LogP contribution in [0.4, 0.5) is 0 Å². The Hall–Kier alpha value is -3.24. The van der Waals surface area contributed by atoms with Gasteiger partial charge in [0.05, 0.1) is 44.4 Å². The third-order valence-electron chi connectivity index (χ3n) is 3.73. The summed E-state index contributed by atoms with van der Waals surface area (Å²) >= 11 is 0. The van der Waals surface area contributed by atoms with Gasteiger partial charge in [0.1, 0.15) is 13.2 Å². The van der Waals surface area contributed by atoms with Gasteiger partial charge in [-0.05, 0) is 0 Å². The van der Waals surface area contributed by atoms with E-state index in [9.17, 15) is 24.3 Å². The van der Waals surface area contributed by atoms with Gasteiger partial charge in [-0.1, -0.05) is 26.3 Å². The summed E-state index contributed by atoms with van der Waals surface area (Å²) in [5.41, 5.74) is -1.28. The highest BCUT2D eigenvalue weighted by Gasteiger charge is 2.34. The molecule has 0 aromatic carbocycles. The normalized spacial score (nSPS) is 10.5. The fraction of sp³-hybridized carbons (Fsp3) is 0.429. The molecule has 0 fully saturated rings. The predicted octanol–water partition coefficient (Wildman–Crippen LogP) is 0.515. The monoisotopic (exact) mass is 440 g/mol. The van der Waals surface area contributed by atoms with E-state index < -0.39 is 41.8 Å². The summed E-state index contributed by atoms with van der Waals surface area (Å²) in [6, 6.07) is 0. The second kappa shape index (κ2) is 15.6. The molecule has 0 unspecified atom stereocenters. The Labute approximate surface area is 180 Å². The summed E-state index contributed by atoms with van der Waals surface area (Å²) in [5, 5.41) is 9.85. The number of hydrogen-bond acceptors (Lipinski definition) is 10. The first-order valence-electron chi connectivity index (χ1n) is 9.11. The lowest BCUT2D eigenvalue weighted by Crippen LogP contribution is -2.42. The van der Waals surface area contributed by atoms with Crippen LogP contribution in [0.3, 0.4) is 0 Å². The van der Waals surface area contributed by atoms with Crippen LogP contribution in [0, 0.1) is 11.3 Å². The quantitative estimate of drug-likeness (QED) is 0.194. The van der Waals surface area contributed by atoms with Gasteiger partial charge in [0.2, 0.25) is 0 Å². The van der Waals surface area contributed by atoms with E-state index in [2.05, 4.69) is 26.3 Å². The smallest absolute Gasteiger partial charge is 0.330 e. The number of esters is 4. The summed E-state index contributed by atoms with van der Waals surface area (Å²) in [4.78, 5) is 45.4. The van der Waals surface area contributed by atoms with Gasteiger partial charge < -0.3 is 28.8 Å². The van der Waals surface area contributed by atoms with Gasteiger partial charge in [-0.15, -0.1) is 0 Å². The zero-order chi connectivity index (χ0) is 23.7. The first-order chi connectivity index (χ1) is 14.7. The van der Waals surface area contributed by atoms with Crippen LogP contribution in [-0.4, -0.2) is 75.2 Å². The average Bonchev–Trinajstić information content (AvgIpc) is 2.80. The lowest BCUT2D eigenvalue weighted by Gasteiger charge is -2.30. The first-order valence-corrected chi connectivity index (χ1v) is 9.11. The molecule has 0 saturated carbocycles. The largest absolute Gasteiger partial charge is 0.462 e. The Morgan fingerprint density at radius 3 is 1.42 bits per heavy atom. The molecule has 0 aliphatic carbocycles. The van der Waals surface area contributed by atoms with E-state index in [0.29, 0.717) is 0 Å². The van der Waals surface area contributed by atoms with E-state index in [0.717, 1.165) is 24.3 Å². The summed E-state index contributed by atoms with van der Waals surface area (Å²) in [6.07, 6.45) is 3.84. The zero-order valence-corrected chi connectivity index (χ0v) is 17.3. The van der Waals surface area contributed by atoms with Crippen molar-refractivity contribution in [2.75, 3.05) is 46.2 Å². The minimum atomic E-state index is -1.28. The number of aliphatic hydroxyl groups is 1. The van der Waals surface area contributed by atoms with Gasteiger partial charge in [0, 0.05) is 24.3 Å². The molecule has 0 aromatic rings. The highest BCUT2D eigenvalue weighted by molar-refractivity contribution is 5.82. The van der Waals surface area contributed by atoms with Crippen molar-refractivity contribution in [2.24, 2.45) is 11.3 Å². The van der Waals surface area contributed by atoms with E-state index in [-0.39, 0.29) is 39.6 Å². The van der Waals surface area contributed by atoms with Crippen LogP contribution in [0.1, 0.15) is 0 Å². The molecule has 1 N–H and O–H groups in total. The van der Waals surface area contributed by atoms with E-state index in [4.69, 9.17) is 23.7 Å². The molecule has 31 heavy (non-hydrogen) atoms. The zero-order valence-electron chi connectivity index (χ0n) is 17.3. The van der Waals surface area contributed by atoms with Crippen LogP contribution in [0.15, 0.2) is 50.6 Å². The van der Waals surface area contributed by atoms with Crippen molar-refractivity contribution in [1.29, 1.82) is 0 Å². The minimum absolute atomic E-state index is 0.0681. The number of rotatable bonds is 17. The van der Waals surface area contributed by atoms with Crippen molar-refractivity contribution in [2.45, 2.75) is 0 Å². The maximum atomic E-state index is 11.4. The summed E-state index contributed by atoms with van der Waals surface area (Å²) < 4.78 is 25.5. The molecule has 0 atom stereocenters. The molecule has 0 heterocycles. The molecule has 0 aliphatic heterocycles. The molecule has 0 amide bonds. The summed E-state index contributed by atoms with van der Waals surface area (Å²) in [5.74, 6) is -3.37. The van der Waals surface area contributed by atoms with E-state index >= 15 is 0 Å². The lowest BCUT2D eigenvalue weighted by atomic mass is 9.92. The maximum Gasteiger partial charge on any atom is 0.330 e. The van der Waals surface area contributed by atoms with Crippen molar-refractivity contribution in [3.8, 4) is 0 Å². The van der Waals surface area contributed by atoms with Crippen LogP contribution in [0.2, 0.25) is 0 Å². The van der Waals surface area contributed by atoms with Gasteiger partial charge in [-0.2, -0.15) is 0 Å². The number of aliphatic hydroxyl groups excluding tert-OH is 1. The number of hydrogen-bond donors (Lipinski definition) is 1. The first kappa shape index (κ1) is 27.8. The Morgan fingerprint density at radius 2 is 1.06 bits per heavy atom. The highest BCUT2D eigenvalue weighted by Crippen LogP contribution is 2.20. The molecule has 0 radical (unpaired) electrons. The van der Waals surface area contributed by atoms with Crippen LogP contribution >= 0.6 is 0 Å². The summed E-state index contributed by atoms with van der Waals surface area (Å²) in [7, 11) is 0. The average molecular weight is 440 g/mol. The van der Waals surface area contributed by atoms with Crippen LogP contribution in [0.25, 0.3) is 0 Å². The fourth-order valence-electron chi connectivity index (χ4n) is 1.93. The van der Waals surface area contributed by atoms with Gasteiger partial charge in [0.15, 0.2) is 0 Å². The molecular formula is C21H28O10. The van der Waals surface area contributed by atoms with E-state index in [1.54, 1.807) is 0 Å². The fourth-order valence-corrected chi connectivity index (χ4v) is 1.93. The molecule has 0 saturated heterocycles. The SMILES string of the molecule is C=CC(=O)OCC(COCC(CO)(COC(=O)C=C)COC(=O)C=C)COC(=O)C=C. The third kappa shape index (κ3) is 12.1. The molecule has 10 nitrogen and oxygen atoms in total. The molecular weight excluding hydrogens is 412 g/mol. The highest BCUT2D eigenvalue weighted by atomic mass is 16.6. The predicted molar refractivity (Wildman–Crippen MR) is 108 cm³/mol. The Kier molecular flexibility index (Phi) is 14.0. The Morgan fingerprint density at radius 1 is 0.677 bits per heavy atom.